The second kappa shape index (κ2) is 7.42. The fourth-order valence-corrected chi connectivity index (χ4v) is 3.65. The van der Waals surface area contributed by atoms with E-state index in [1.54, 1.807) is 45.0 Å². The first-order valence-corrected chi connectivity index (χ1v) is 8.37. The SMILES string of the molecule is CCOC(=O)CN(C(C)C)S(=O)(=O)Cc1ccccc1N. The minimum absolute atomic E-state index is 0.219. The van der Waals surface area contributed by atoms with Crippen LogP contribution in [0.25, 0.3) is 0 Å². The second-order valence-corrected chi connectivity index (χ2v) is 6.82. The number of nitrogens with zero attached hydrogens (tertiary/aromatic N) is 1. The molecule has 0 unspecified atom stereocenters. The fourth-order valence-electron chi connectivity index (χ4n) is 1.88. The van der Waals surface area contributed by atoms with Gasteiger partial charge in [-0.2, -0.15) is 4.31 Å². The van der Waals surface area contributed by atoms with Crippen LogP contribution < -0.4 is 5.73 Å². The van der Waals surface area contributed by atoms with Gasteiger partial charge in [-0.25, -0.2) is 8.42 Å². The average molecular weight is 314 g/mol. The first kappa shape index (κ1) is 17.5. The lowest BCUT2D eigenvalue weighted by atomic mass is 10.2. The Morgan fingerprint density at radius 2 is 1.95 bits per heavy atom. The molecule has 0 heterocycles. The standard InChI is InChI=1S/C14H22N2O4S/c1-4-20-14(17)9-16(11(2)3)21(18,19)10-12-7-5-6-8-13(12)15/h5-8,11H,4,9-10,15H2,1-3H3. The molecular formula is C14H22N2O4S. The van der Waals surface area contributed by atoms with Gasteiger partial charge in [0.2, 0.25) is 10.0 Å². The molecule has 0 amide bonds. The number of carbonyl (C=O) groups is 1. The quantitative estimate of drug-likeness (QED) is 0.606. The minimum atomic E-state index is -3.66. The van der Waals surface area contributed by atoms with E-state index in [1.165, 1.54) is 0 Å². The third kappa shape index (κ3) is 5.02. The molecule has 0 aliphatic rings. The lowest BCUT2D eigenvalue weighted by Crippen LogP contribution is -2.41. The Bertz CT molecular complexity index is 584. The summed E-state index contributed by atoms with van der Waals surface area (Å²) >= 11 is 0. The van der Waals surface area contributed by atoms with Crippen LogP contribution in [0.3, 0.4) is 0 Å². The summed E-state index contributed by atoms with van der Waals surface area (Å²) < 4.78 is 31.0. The first-order chi connectivity index (χ1) is 9.77. The number of anilines is 1. The topological polar surface area (TPSA) is 89.7 Å². The first-order valence-electron chi connectivity index (χ1n) is 6.76. The van der Waals surface area contributed by atoms with Crippen molar-refractivity contribution in [1.82, 2.24) is 4.31 Å². The molecule has 6 nitrogen and oxygen atoms in total. The predicted octanol–water partition coefficient (Wildman–Crippen LogP) is 1.37. The zero-order valence-electron chi connectivity index (χ0n) is 12.6. The highest BCUT2D eigenvalue weighted by atomic mass is 32.2. The van der Waals surface area contributed by atoms with E-state index in [0.29, 0.717) is 11.3 Å². The van der Waals surface area contributed by atoms with E-state index in [1.807, 2.05) is 0 Å². The molecule has 118 valence electrons. The molecular weight excluding hydrogens is 292 g/mol. The normalized spacial score (nSPS) is 11.9. The maximum atomic E-state index is 12.5. The van der Waals surface area contributed by atoms with Crippen molar-refractivity contribution in [3.63, 3.8) is 0 Å². The van der Waals surface area contributed by atoms with Gasteiger partial charge in [-0.15, -0.1) is 0 Å². The Hall–Kier alpha value is -1.60. The van der Waals surface area contributed by atoms with Crippen LogP contribution >= 0.6 is 0 Å². The molecule has 2 N–H and O–H groups in total. The highest BCUT2D eigenvalue weighted by Gasteiger charge is 2.28. The Kier molecular flexibility index (Phi) is 6.17. The molecule has 1 rings (SSSR count). The van der Waals surface area contributed by atoms with Crippen LogP contribution in [0.15, 0.2) is 24.3 Å². The van der Waals surface area contributed by atoms with Crippen molar-refractivity contribution >= 4 is 21.7 Å². The van der Waals surface area contributed by atoms with Gasteiger partial charge in [0.15, 0.2) is 0 Å². The number of carbonyl (C=O) groups excluding carboxylic acids is 1. The molecule has 0 aliphatic carbocycles. The summed E-state index contributed by atoms with van der Waals surface area (Å²) in [5.74, 6) is -0.798. The van der Waals surface area contributed by atoms with Gasteiger partial charge in [0.05, 0.1) is 12.4 Å². The van der Waals surface area contributed by atoms with Crippen molar-refractivity contribution in [1.29, 1.82) is 0 Å². The molecule has 1 aromatic rings. The number of sulfonamides is 1. The number of esters is 1. The van der Waals surface area contributed by atoms with Gasteiger partial charge < -0.3 is 10.5 Å². The molecule has 0 aliphatic heterocycles. The summed E-state index contributed by atoms with van der Waals surface area (Å²) in [6.07, 6.45) is 0. The molecule has 0 bridgehead atoms. The predicted molar refractivity (Wildman–Crippen MR) is 82.0 cm³/mol. The Balaban J connectivity index is 2.95. The van der Waals surface area contributed by atoms with Crippen LogP contribution in [0.5, 0.6) is 0 Å². The van der Waals surface area contributed by atoms with E-state index >= 15 is 0 Å². The Morgan fingerprint density at radius 3 is 2.48 bits per heavy atom. The average Bonchev–Trinajstić information content (AvgIpc) is 2.38. The van der Waals surface area contributed by atoms with Crippen LogP contribution in [-0.2, 0) is 25.3 Å². The maximum absolute atomic E-state index is 12.5. The number of rotatable bonds is 7. The van der Waals surface area contributed by atoms with Crippen molar-refractivity contribution in [2.75, 3.05) is 18.9 Å². The van der Waals surface area contributed by atoms with Gasteiger partial charge in [0, 0.05) is 11.7 Å². The molecule has 0 atom stereocenters. The van der Waals surface area contributed by atoms with E-state index in [0.717, 1.165) is 4.31 Å². The van der Waals surface area contributed by atoms with Gasteiger partial charge in [0.25, 0.3) is 0 Å². The van der Waals surface area contributed by atoms with Crippen LogP contribution in [0.2, 0.25) is 0 Å². The highest BCUT2D eigenvalue weighted by molar-refractivity contribution is 7.88. The van der Waals surface area contributed by atoms with Crippen molar-refractivity contribution in [3.8, 4) is 0 Å². The van der Waals surface area contributed by atoms with Gasteiger partial charge in [-0.05, 0) is 32.4 Å². The number of para-hydroxylation sites is 1. The van der Waals surface area contributed by atoms with Crippen molar-refractivity contribution < 1.29 is 17.9 Å². The highest BCUT2D eigenvalue weighted by Crippen LogP contribution is 2.18. The molecule has 0 fully saturated rings. The number of benzene rings is 1. The van der Waals surface area contributed by atoms with E-state index in [-0.39, 0.29) is 24.9 Å². The Labute approximate surface area is 125 Å². The molecule has 0 saturated carbocycles. The second-order valence-electron chi connectivity index (χ2n) is 4.90. The fraction of sp³-hybridized carbons (Fsp3) is 0.500. The van der Waals surface area contributed by atoms with E-state index in [9.17, 15) is 13.2 Å². The third-order valence-electron chi connectivity index (χ3n) is 2.92. The summed E-state index contributed by atoms with van der Waals surface area (Å²) in [5, 5.41) is 0. The molecule has 1 aromatic carbocycles. The third-order valence-corrected chi connectivity index (χ3v) is 4.86. The number of nitrogens with two attached hydrogens (primary N) is 1. The van der Waals surface area contributed by atoms with Gasteiger partial charge in [-0.1, -0.05) is 18.2 Å². The summed E-state index contributed by atoms with van der Waals surface area (Å²) in [7, 11) is -3.66. The number of ether oxygens (including phenoxy) is 1. The van der Waals surface area contributed by atoms with Crippen LogP contribution in [0.1, 0.15) is 26.3 Å². The monoisotopic (exact) mass is 314 g/mol. The van der Waals surface area contributed by atoms with E-state index < -0.39 is 16.0 Å². The van der Waals surface area contributed by atoms with Crippen LogP contribution in [0.4, 0.5) is 5.69 Å². The lowest BCUT2D eigenvalue weighted by molar-refractivity contribution is -0.143. The van der Waals surface area contributed by atoms with Crippen molar-refractivity contribution in [2.45, 2.75) is 32.6 Å². The molecule has 7 heteroatoms. The summed E-state index contributed by atoms with van der Waals surface area (Å²) in [6.45, 7) is 5.03. The molecule has 0 aromatic heterocycles. The lowest BCUT2D eigenvalue weighted by Gasteiger charge is -2.25. The number of nitrogen functional groups attached to an aromatic ring is 1. The summed E-state index contributed by atoms with van der Waals surface area (Å²) in [6, 6.07) is 6.44. The molecule has 0 radical (unpaired) electrons. The van der Waals surface area contributed by atoms with Gasteiger partial charge in [-0.3, -0.25) is 4.79 Å². The Morgan fingerprint density at radius 1 is 1.33 bits per heavy atom. The van der Waals surface area contributed by atoms with Crippen molar-refractivity contribution in [3.05, 3.63) is 29.8 Å². The van der Waals surface area contributed by atoms with Crippen molar-refractivity contribution in [2.24, 2.45) is 0 Å². The van der Waals surface area contributed by atoms with Gasteiger partial charge >= 0.3 is 5.97 Å². The van der Waals surface area contributed by atoms with E-state index in [4.69, 9.17) is 10.5 Å². The largest absolute Gasteiger partial charge is 0.465 e. The molecule has 21 heavy (non-hydrogen) atoms. The molecule has 0 saturated heterocycles. The number of hydrogen-bond acceptors (Lipinski definition) is 5. The minimum Gasteiger partial charge on any atom is -0.465 e. The zero-order valence-corrected chi connectivity index (χ0v) is 13.4. The van der Waals surface area contributed by atoms with Gasteiger partial charge in [0.1, 0.15) is 6.54 Å². The maximum Gasteiger partial charge on any atom is 0.321 e. The molecule has 0 spiro atoms. The van der Waals surface area contributed by atoms with E-state index in [2.05, 4.69) is 0 Å². The van der Waals surface area contributed by atoms with Crippen LogP contribution in [0, 0.1) is 0 Å². The smallest absolute Gasteiger partial charge is 0.321 e. The summed E-state index contributed by atoms with van der Waals surface area (Å²) in [4.78, 5) is 11.6. The number of hydrogen-bond donors (Lipinski definition) is 1. The summed E-state index contributed by atoms with van der Waals surface area (Å²) in [5.41, 5.74) is 6.72. The zero-order chi connectivity index (χ0) is 16.0. The van der Waals surface area contributed by atoms with Crippen LogP contribution in [-0.4, -0.2) is 37.9 Å².